The number of nitrogens with zero attached hydrogens (tertiary/aromatic N) is 2. The zero-order valence-corrected chi connectivity index (χ0v) is 19.0. The summed E-state index contributed by atoms with van der Waals surface area (Å²) in [6.07, 6.45) is 3.61. The molecule has 5 nitrogen and oxygen atoms in total. The molecule has 6 heteroatoms. The van der Waals surface area contributed by atoms with Crippen LogP contribution in [0.2, 0.25) is 0 Å². The highest BCUT2D eigenvalue weighted by molar-refractivity contribution is 14.0. The van der Waals surface area contributed by atoms with E-state index in [9.17, 15) is 0 Å². The van der Waals surface area contributed by atoms with Crippen LogP contribution in [0.5, 0.6) is 5.75 Å². The van der Waals surface area contributed by atoms with E-state index < -0.39 is 0 Å². The van der Waals surface area contributed by atoms with E-state index in [-0.39, 0.29) is 24.0 Å². The fourth-order valence-corrected chi connectivity index (χ4v) is 3.33. The first-order valence-electron chi connectivity index (χ1n) is 9.58. The molecule has 1 heterocycles. The maximum Gasteiger partial charge on any atom is 0.191 e. The number of aliphatic imine (C=N–C) groups is 1. The summed E-state index contributed by atoms with van der Waals surface area (Å²) >= 11 is 0. The average molecular weight is 474 g/mol. The zero-order chi connectivity index (χ0) is 18.1. The van der Waals surface area contributed by atoms with E-state index in [0.717, 1.165) is 18.3 Å². The molecular formula is C20H35IN4O. The summed E-state index contributed by atoms with van der Waals surface area (Å²) in [4.78, 5) is 6.93. The van der Waals surface area contributed by atoms with Gasteiger partial charge in [-0.25, -0.2) is 0 Å². The zero-order valence-electron chi connectivity index (χ0n) is 16.7. The van der Waals surface area contributed by atoms with Crippen LogP contribution in [-0.4, -0.2) is 50.2 Å². The van der Waals surface area contributed by atoms with Crippen LogP contribution >= 0.6 is 24.0 Å². The number of hydrogen-bond acceptors (Lipinski definition) is 3. The summed E-state index contributed by atoms with van der Waals surface area (Å²) in [5, 5.41) is 7.00. The van der Waals surface area contributed by atoms with E-state index in [0.29, 0.717) is 12.6 Å². The second-order valence-corrected chi connectivity index (χ2v) is 6.72. The number of hydrogen-bond donors (Lipinski definition) is 2. The number of aryl methyl sites for hydroxylation is 1. The fourth-order valence-electron chi connectivity index (χ4n) is 3.33. The van der Waals surface area contributed by atoms with Gasteiger partial charge in [-0.05, 0) is 56.8 Å². The van der Waals surface area contributed by atoms with E-state index in [1.165, 1.54) is 50.0 Å². The molecule has 2 N–H and O–H groups in total. The Morgan fingerprint density at radius 3 is 2.58 bits per heavy atom. The van der Waals surface area contributed by atoms with Crippen molar-refractivity contribution in [3.05, 3.63) is 29.3 Å². The van der Waals surface area contributed by atoms with Crippen LogP contribution in [-0.2, 0) is 6.54 Å². The number of benzene rings is 1. The molecule has 2 rings (SSSR count). The third-order valence-corrected chi connectivity index (χ3v) is 4.69. The number of ether oxygens (including phenoxy) is 1. The van der Waals surface area contributed by atoms with E-state index in [4.69, 9.17) is 4.74 Å². The van der Waals surface area contributed by atoms with E-state index >= 15 is 0 Å². The van der Waals surface area contributed by atoms with Crippen LogP contribution in [0.1, 0.15) is 44.2 Å². The first-order valence-corrected chi connectivity index (χ1v) is 9.58. The molecule has 0 bridgehead atoms. The van der Waals surface area contributed by atoms with Gasteiger partial charge in [0.15, 0.2) is 5.96 Å². The molecule has 0 saturated carbocycles. The van der Waals surface area contributed by atoms with Gasteiger partial charge in [-0.3, -0.25) is 4.99 Å². The molecular weight excluding hydrogens is 439 g/mol. The van der Waals surface area contributed by atoms with Crippen molar-refractivity contribution in [3.63, 3.8) is 0 Å². The SMILES string of the molecule is CCCN1CCC(NC(=NC)NCc2ccc(OCC)c(C)c2)CC1.I. The normalized spacial score (nSPS) is 16.1. The molecule has 0 aromatic heterocycles. The van der Waals surface area contributed by atoms with Crippen molar-refractivity contribution in [1.29, 1.82) is 0 Å². The van der Waals surface area contributed by atoms with Crippen molar-refractivity contribution in [3.8, 4) is 5.75 Å². The van der Waals surface area contributed by atoms with Crippen LogP contribution in [0, 0.1) is 6.92 Å². The molecule has 1 saturated heterocycles. The summed E-state index contributed by atoms with van der Waals surface area (Å²) < 4.78 is 5.60. The third-order valence-electron chi connectivity index (χ3n) is 4.69. The van der Waals surface area contributed by atoms with Gasteiger partial charge in [0.25, 0.3) is 0 Å². The Labute approximate surface area is 176 Å². The third kappa shape index (κ3) is 7.31. The minimum atomic E-state index is 0. The second kappa shape index (κ2) is 12.4. The van der Waals surface area contributed by atoms with Crippen LogP contribution in [0.25, 0.3) is 0 Å². The van der Waals surface area contributed by atoms with Gasteiger partial charge in [-0.2, -0.15) is 0 Å². The van der Waals surface area contributed by atoms with Crippen molar-refractivity contribution in [2.24, 2.45) is 4.99 Å². The first-order chi connectivity index (χ1) is 12.2. The Morgan fingerprint density at radius 2 is 2.00 bits per heavy atom. The lowest BCUT2D eigenvalue weighted by molar-refractivity contribution is 0.206. The number of halogens is 1. The van der Waals surface area contributed by atoms with Gasteiger partial charge in [-0.1, -0.05) is 19.1 Å². The van der Waals surface area contributed by atoms with Crippen molar-refractivity contribution in [1.82, 2.24) is 15.5 Å². The van der Waals surface area contributed by atoms with Gasteiger partial charge in [0.05, 0.1) is 6.61 Å². The Kier molecular flexibility index (Phi) is 11.0. The lowest BCUT2D eigenvalue weighted by Crippen LogP contribution is -2.48. The average Bonchev–Trinajstić information content (AvgIpc) is 2.62. The molecule has 0 radical (unpaired) electrons. The van der Waals surface area contributed by atoms with E-state index in [1.54, 1.807) is 0 Å². The lowest BCUT2D eigenvalue weighted by Gasteiger charge is -2.32. The van der Waals surface area contributed by atoms with Gasteiger partial charge in [0, 0.05) is 32.7 Å². The number of piperidine rings is 1. The predicted molar refractivity (Wildman–Crippen MR) is 121 cm³/mol. The molecule has 1 aliphatic rings. The summed E-state index contributed by atoms with van der Waals surface area (Å²) in [5.74, 6) is 1.85. The van der Waals surface area contributed by atoms with Gasteiger partial charge >= 0.3 is 0 Å². The fraction of sp³-hybridized carbons (Fsp3) is 0.650. The van der Waals surface area contributed by atoms with Gasteiger partial charge in [-0.15, -0.1) is 24.0 Å². The van der Waals surface area contributed by atoms with Gasteiger partial charge in [0.2, 0.25) is 0 Å². The Morgan fingerprint density at radius 1 is 1.27 bits per heavy atom. The Balaban J connectivity index is 0.00000338. The van der Waals surface area contributed by atoms with Crippen molar-refractivity contribution < 1.29 is 4.74 Å². The molecule has 1 aromatic carbocycles. The highest BCUT2D eigenvalue weighted by Crippen LogP contribution is 2.19. The highest BCUT2D eigenvalue weighted by atomic mass is 127. The monoisotopic (exact) mass is 474 g/mol. The second-order valence-electron chi connectivity index (χ2n) is 6.72. The minimum absolute atomic E-state index is 0. The summed E-state index contributed by atoms with van der Waals surface area (Å²) in [6.45, 7) is 11.4. The molecule has 1 aliphatic heterocycles. The number of likely N-dealkylation sites (tertiary alicyclic amines) is 1. The number of guanidine groups is 1. The van der Waals surface area contributed by atoms with Gasteiger partial charge in [0.1, 0.15) is 5.75 Å². The predicted octanol–water partition coefficient (Wildman–Crippen LogP) is 3.55. The highest BCUT2D eigenvalue weighted by Gasteiger charge is 2.19. The largest absolute Gasteiger partial charge is 0.494 e. The molecule has 0 atom stereocenters. The molecule has 0 aliphatic carbocycles. The summed E-state index contributed by atoms with van der Waals surface area (Å²) in [5.41, 5.74) is 2.41. The lowest BCUT2D eigenvalue weighted by atomic mass is 10.1. The molecule has 1 fully saturated rings. The smallest absolute Gasteiger partial charge is 0.191 e. The van der Waals surface area contributed by atoms with E-state index in [1.807, 2.05) is 14.0 Å². The maximum absolute atomic E-state index is 5.60. The number of nitrogens with one attached hydrogen (secondary N) is 2. The maximum atomic E-state index is 5.60. The van der Waals surface area contributed by atoms with Crippen LogP contribution < -0.4 is 15.4 Å². The summed E-state index contributed by atoms with van der Waals surface area (Å²) in [7, 11) is 1.84. The van der Waals surface area contributed by atoms with E-state index in [2.05, 4.69) is 52.6 Å². The molecule has 0 amide bonds. The van der Waals surface area contributed by atoms with Crippen molar-refractivity contribution >= 4 is 29.9 Å². The Bertz CT molecular complexity index is 557. The Hall–Kier alpha value is -1.02. The molecule has 1 aromatic rings. The van der Waals surface area contributed by atoms with Crippen LogP contribution in [0.4, 0.5) is 0 Å². The molecule has 0 spiro atoms. The first kappa shape index (κ1) is 23.0. The quantitative estimate of drug-likeness (QED) is 0.361. The standard InChI is InChI=1S/C20H34N4O.HI/c1-5-11-24-12-9-18(10-13-24)23-20(21-4)22-15-17-7-8-19(25-6-2)16(3)14-17;/h7-8,14,18H,5-6,9-13,15H2,1-4H3,(H2,21,22,23);1H. The van der Waals surface area contributed by atoms with Crippen molar-refractivity contribution in [2.75, 3.05) is 33.3 Å². The molecule has 0 unspecified atom stereocenters. The van der Waals surface area contributed by atoms with Crippen LogP contribution in [0.3, 0.4) is 0 Å². The topological polar surface area (TPSA) is 48.9 Å². The molecule has 148 valence electrons. The van der Waals surface area contributed by atoms with Crippen LogP contribution in [0.15, 0.2) is 23.2 Å². The molecule has 26 heavy (non-hydrogen) atoms. The van der Waals surface area contributed by atoms with Gasteiger partial charge < -0.3 is 20.3 Å². The van der Waals surface area contributed by atoms with Crippen molar-refractivity contribution in [2.45, 2.75) is 52.6 Å². The summed E-state index contributed by atoms with van der Waals surface area (Å²) in [6, 6.07) is 6.85. The minimum Gasteiger partial charge on any atom is -0.494 e. The number of rotatable bonds is 7.